The summed E-state index contributed by atoms with van der Waals surface area (Å²) in [6.45, 7) is 12.3. The van der Waals surface area contributed by atoms with Gasteiger partial charge in [-0.25, -0.2) is 0 Å². The van der Waals surface area contributed by atoms with Crippen LogP contribution in [-0.4, -0.2) is 79.2 Å². The number of amides is 2. The van der Waals surface area contributed by atoms with Crippen molar-refractivity contribution >= 4 is 23.4 Å². The molecule has 2 saturated heterocycles. The third kappa shape index (κ3) is 7.08. The van der Waals surface area contributed by atoms with E-state index in [0.29, 0.717) is 32.8 Å². The lowest BCUT2D eigenvalue weighted by atomic mass is 9.95. The van der Waals surface area contributed by atoms with Crippen LogP contribution in [0.5, 0.6) is 5.75 Å². The van der Waals surface area contributed by atoms with Gasteiger partial charge in [0.15, 0.2) is 0 Å². The molecular weight excluding hydrogens is 442 g/mol. The van der Waals surface area contributed by atoms with Gasteiger partial charge in [-0.3, -0.25) is 14.5 Å². The lowest BCUT2D eigenvalue weighted by Crippen LogP contribution is -2.57. The summed E-state index contributed by atoms with van der Waals surface area (Å²) in [4.78, 5) is 28.9. The number of benzene rings is 1. The number of morpholine rings is 1. The Morgan fingerprint density at radius 1 is 1.21 bits per heavy atom. The van der Waals surface area contributed by atoms with Gasteiger partial charge in [0, 0.05) is 44.2 Å². The molecule has 33 heavy (non-hydrogen) atoms. The molecule has 2 fully saturated rings. The summed E-state index contributed by atoms with van der Waals surface area (Å²) in [5, 5.41) is 3.71. The zero-order chi connectivity index (χ0) is 24.0. The minimum atomic E-state index is -0.694. The van der Waals surface area contributed by atoms with Gasteiger partial charge in [-0.2, -0.15) is 0 Å². The van der Waals surface area contributed by atoms with Gasteiger partial charge < -0.3 is 19.7 Å². The third-order valence-electron chi connectivity index (χ3n) is 6.51. The largest absolute Gasteiger partial charge is 0.490 e. The molecule has 0 saturated carbocycles. The first-order chi connectivity index (χ1) is 15.7. The Balaban J connectivity index is 1.69. The van der Waals surface area contributed by atoms with Crippen molar-refractivity contribution in [1.29, 1.82) is 0 Å². The molecule has 0 radical (unpaired) electrons. The highest BCUT2D eigenvalue weighted by Crippen LogP contribution is 2.29. The van der Waals surface area contributed by atoms with Crippen molar-refractivity contribution in [3.8, 4) is 5.75 Å². The average molecular weight is 480 g/mol. The number of hydrogen-bond donors (Lipinski definition) is 1. The van der Waals surface area contributed by atoms with E-state index in [2.05, 4.69) is 17.1 Å². The molecule has 2 aliphatic rings. The topological polar surface area (TPSA) is 71.1 Å². The highest BCUT2D eigenvalue weighted by molar-refractivity contribution is 6.32. The number of rotatable bonds is 8. The summed E-state index contributed by atoms with van der Waals surface area (Å²) in [5.41, 5.74) is 1.24. The quantitative estimate of drug-likeness (QED) is 0.619. The van der Waals surface area contributed by atoms with E-state index in [9.17, 15) is 9.59 Å². The molecule has 2 heterocycles. The van der Waals surface area contributed by atoms with Gasteiger partial charge in [0.1, 0.15) is 18.0 Å². The lowest BCUT2D eigenvalue weighted by Gasteiger charge is -2.43. The molecule has 3 rings (SSSR count). The van der Waals surface area contributed by atoms with Gasteiger partial charge in [0.25, 0.3) is 0 Å². The molecule has 7 nitrogen and oxygen atoms in total. The van der Waals surface area contributed by atoms with Crippen molar-refractivity contribution in [3.63, 3.8) is 0 Å². The van der Waals surface area contributed by atoms with Crippen molar-refractivity contribution in [1.82, 2.24) is 15.1 Å². The molecule has 8 heteroatoms. The van der Waals surface area contributed by atoms with Crippen LogP contribution in [0.1, 0.15) is 50.7 Å². The van der Waals surface area contributed by atoms with Gasteiger partial charge in [0.05, 0.1) is 13.0 Å². The van der Waals surface area contributed by atoms with Crippen LogP contribution in [-0.2, 0) is 14.3 Å². The maximum atomic E-state index is 13.3. The molecule has 1 aromatic rings. The number of ether oxygens (including phenoxy) is 2. The van der Waals surface area contributed by atoms with Crippen molar-refractivity contribution in [2.45, 2.75) is 65.0 Å². The first-order valence-electron chi connectivity index (χ1n) is 12.0. The molecule has 1 aromatic carbocycles. The first-order valence-corrected chi connectivity index (χ1v) is 12.4. The smallest absolute Gasteiger partial charge is 0.225 e. The minimum Gasteiger partial charge on any atom is -0.490 e. The Morgan fingerprint density at radius 3 is 2.48 bits per heavy atom. The predicted molar refractivity (Wildman–Crippen MR) is 130 cm³/mol. The number of aryl methyl sites for hydroxylation is 2. The second kappa shape index (κ2) is 11.5. The maximum absolute atomic E-state index is 13.3. The van der Waals surface area contributed by atoms with E-state index >= 15 is 0 Å². The SMILES string of the molecule is CCCN1CCO[C@](COc2cc(C)c(Cl)c(C)c2)(CC(=O)N2CCC(NC(C)=O)CC2)C1. The van der Waals surface area contributed by atoms with Crippen LogP contribution in [0.25, 0.3) is 0 Å². The van der Waals surface area contributed by atoms with E-state index in [1.54, 1.807) is 0 Å². The van der Waals surface area contributed by atoms with Gasteiger partial charge >= 0.3 is 0 Å². The van der Waals surface area contributed by atoms with Crippen LogP contribution in [0.15, 0.2) is 12.1 Å². The summed E-state index contributed by atoms with van der Waals surface area (Å²) >= 11 is 6.31. The van der Waals surface area contributed by atoms with Crippen LogP contribution in [0.2, 0.25) is 5.02 Å². The third-order valence-corrected chi connectivity index (χ3v) is 7.10. The Hall–Kier alpha value is -1.83. The zero-order valence-electron chi connectivity index (χ0n) is 20.4. The van der Waals surface area contributed by atoms with Crippen LogP contribution in [0, 0.1) is 13.8 Å². The van der Waals surface area contributed by atoms with Gasteiger partial charge in [-0.1, -0.05) is 18.5 Å². The molecule has 1 N–H and O–H groups in total. The summed E-state index contributed by atoms with van der Waals surface area (Å²) in [5.74, 6) is 0.811. The Morgan fingerprint density at radius 2 is 1.88 bits per heavy atom. The number of nitrogens with one attached hydrogen (secondary N) is 1. The molecule has 184 valence electrons. The van der Waals surface area contributed by atoms with E-state index in [4.69, 9.17) is 21.1 Å². The van der Waals surface area contributed by atoms with Crippen molar-refractivity contribution in [2.75, 3.05) is 45.9 Å². The molecule has 1 atom stereocenters. The van der Waals surface area contributed by atoms with E-state index < -0.39 is 5.60 Å². The molecule has 0 aliphatic carbocycles. The van der Waals surface area contributed by atoms with E-state index in [-0.39, 0.29) is 24.3 Å². The average Bonchev–Trinajstić information content (AvgIpc) is 2.76. The number of piperidine rings is 1. The monoisotopic (exact) mass is 479 g/mol. The standard InChI is InChI=1S/C25H38ClN3O4/c1-5-8-28-11-12-33-25(16-28,17-32-22-13-18(2)24(26)19(3)14-22)15-23(31)29-9-6-21(7-10-29)27-20(4)30/h13-14,21H,5-12,15-17H2,1-4H3,(H,27,30)/t25-/m1/s1. The number of nitrogens with zero attached hydrogens (tertiary/aromatic N) is 2. The van der Waals surface area contributed by atoms with Crippen molar-refractivity contribution in [3.05, 3.63) is 28.3 Å². The Kier molecular flexibility index (Phi) is 9.02. The molecule has 2 amide bonds. The summed E-state index contributed by atoms with van der Waals surface area (Å²) in [6, 6.07) is 4.01. The highest BCUT2D eigenvalue weighted by Gasteiger charge is 2.41. The van der Waals surface area contributed by atoms with Crippen molar-refractivity contribution in [2.24, 2.45) is 0 Å². The van der Waals surface area contributed by atoms with Gasteiger partial charge in [0.2, 0.25) is 11.8 Å². The molecule has 0 unspecified atom stereocenters. The second-order valence-corrected chi connectivity index (χ2v) is 9.88. The lowest BCUT2D eigenvalue weighted by molar-refractivity contribution is -0.156. The van der Waals surface area contributed by atoms with E-state index in [1.807, 2.05) is 30.9 Å². The van der Waals surface area contributed by atoms with Gasteiger partial charge in [-0.15, -0.1) is 0 Å². The molecule has 2 aliphatic heterocycles. The zero-order valence-corrected chi connectivity index (χ0v) is 21.2. The summed E-state index contributed by atoms with van der Waals surface area (Å²) in [6.07, 6.45) is 2.89. The van der Waals surface area contributed by atoms with Crippen LogP contribution >= 0.6 is 11.6 Å². The van der Waals surface area contributed by atoms with E-state index in [0.717, 1.165) is 54.3 Å². The molecule has 0 aromatic heterocycles. The Bertz CT molecular complexity index is 816. The maximum Gasteiger partial charge on any atom is 0.225 e. The Labute approximate surface area is 202 Å². The van der Waals surface area contributed by atoms with Gasteiger partial charge in [-0.05, 0) is 62.9 Å². The summed E-state index contributed by atoms with van der Waals surface area (Å²) in [7, 11) is 0. The van der Waals surface area contributed by atoms with Crippen LogP contribution < -0.4 is 10.1 Å². The van der Waals surface area contributed by atoms with Crippen LogP contribution in [0.3, 0.4) is 0 Å². The molecule has 0 spiro atoms. The number of hydrogen-bond acceptors (Lipinski definition) is 5. The first kappa shape index (κ1) is 25.8. The molecular formula is C25H38ClN3O4. The fourth-order valence-electron chi connectivity index (χ4n) is 4.83. The normalized spacial score (nSPS) is 22.3. The number of carbonyl (C=O) groups is 2. The fraction of sp³-hybridized carbons (Fsp3) is 0.680. The number of likely N-dealkylation sites (tertiary alicyclic amines) is 1. The summed E-state index contributed by atoms with van der Waals surface area (Å²) < 4.78 is 12.5. The number of halogens is 1. The minimum absolute atomic E-state index is 0.0184. The predicted octanol–water partition coefficient (Wildman–Crippen LogP) is 3.33. The second-order valence-electron chi connectivity index (χ2n) is 9.50. The van der Waals surface area contributed by atoms with E-state index in [1.165, 1.54) is 6.92 Å². The highest BCUT2D eigenvalue weighted by atomic mass is 35.5. The molecule has 0 bridgehead atoms. The van der Waals surface area contributed by atoms with Crippen molar-refractivity contribution < 1.29 is 19.1 Å². The number of carbonyl (C=O) groups excluding carboxylic acids is 2. The van der Waals surface area contributed by atoms with Crippen LogP contribution in [0.4, 0.5) is 0 Å². The fourth-order valence-corrected chi connectivity index (χ4v) is 4.94.